The van der Waals surface area contributed by atoms with E-state index in [1.54, 1.807) is 18.9 Å². The second-order valence-electron chi connectivity index (χ2n) is 5.35. The minimum atomic E-state index is -0.0238. The van der Waals surface area contributed by atoms with Gasteiger partial charge in [-0.15, -0.1) is 0 Å². The summed E-state index contributed by atoms with van der Waals surface area (Å²) in [5, 5.41) is 0.660. The number of aromatic nitrogens is 2. The van der Waals surface area contributed by atoms with E-state index >= 15 is 0 Å². The number of anilines is 1. The van der Waals surface area contributed by atoms with Gasteiger partial charge in [0.15, 0.2) is 0 Å². The van der Waals surface area contributed by atoms with E-state index in [0.29, 0.717) is 5.02 Å². The number of H-pyrrole nitrogens is 1. The molecule has 0 atom stereocenters. The highest BCUT2D eigenvalue weighted by atomic mass is 35.5. The van der Waals surface area contributed by atoms with Crippen LogP contribution in [0.5, 0.6) is 0 Å². The number of benzene rings is 2. The van der Waals surface area contributed by atoms with Gasteiger partial charge in [-0.3, -0.25) is 4.79 Å². The van der Waals surface area contributed by atoms with Crippen LogP contribution in [0.25, 0.3) is 22.4 Å². The van der Waals surface area contributed by atoms with Gasteiger partial charge in [0.2, 0.25) is 5.91 Å². The highest BCUT2D eigenvalue weighted by Crippen LogP contribution is 2.31. The van der Waals surface area contributed by atoms with Crippen molar-refractivity contribution >= 4 is 34.2 Å². The largest absolute Gasteiger partial charge is 0.338 e. The number of rotatable bonds is 2. The lowest BCUT2D eigenvalue weighted by molar-refractivity contribution is -0.116. The van der Waals surface area contributed by atoms with Crippen molar-refractivity contribution in [3.63, 3.8) is 0 Å². The second kappa shape index (κ2) is 5.46. The van der Waals surface area contributed by atoms with E-state index in [1.807, 2.05) is 43.3 Å². The van der Waals surface area contributed by atoms with Crippen molar-refractivity contribution in [3.8, 4) is 11.4 Å². The predicted molar refractivity (Wildman–Crippen MR) is 90.4 cm³/mol. The van der Waals surface area contributed by atoms with Gasteiger partial charge in [-0.25, -0.2) is 4.98 Å². The van der Waals surface area contributed by atoms with Crippen molar-refractivity contribution in [1.82, 2.24) is 9.97 Å². The average Bonchev–Trinajstić information content (AvgIpc) is 2.89. The lowest BCUT2D eigenvalue weighted by atomic mass is 10.1. The summed E-state index contributed by atoms with van der Waals surface area (Å²) < 4.78 is 0. The molecule has 5 heteroatoms. The molecule has 0 bridgehead atoms. The Hall–Kier alpha value is -2.33. The van der Waals surface area contributed by atoms with E-state index in [2.05, 4.69) is 9.97 Å². The molecule has 0 aliphatic rings. The number of nitrogens with one attached hydrogen (secondary N) is 1. The van der Waals surface area contributed by atoms with Gasteiger partial charge in [0.25, 0.3) is 0 Å². The van der Waals surface area contributed by atoms with Crippen molar-refractivity contribution in [2.75, 3.05) is 11.9 Å². The number of imidazole rings is 1. The maximum atomic E-state index is 11.7. The molecule has 0 aliphatic heterocycles. The van der Waals surface area contributed by atoms with E-state index < -0.39 is 0 Å². The first-order valence-electron chi connectivity index (χ1n) is 6.96. The first kappa shape index (κ1) is 14.6. The summed E-state index contributed by atoms with van der Waals surface area (Å²) in [6.07, 6.45) is 0. The first-order valence-corrected chi connectivity index (χ1v) is 7.34. The SMILES string of the molecule is CC(=O)N(C)c1ccc(C)cc1-c1nc2ccc(Cl)cc2[nH]1. The average molecular weight is 314 g/mol. The molecule has 0 aliphatic carbocycles. The monoisotopic (exact) mass is 313 g/mol. The van der Waals surface area contributed by atoms with Crippen LogP contribution in [-0.4, -0.2) is 22.9 Å². The third-order valence-corrected chi connectivity index (χ3v) is 3.92. The van der Waals surface area contributed by atoms with Gasteiger partial charge < -0.3 is 9.88 Å². The van der Waals surface area contributed by atoms with Crippen molar-refractivity contribution < 1.29 is 4.79 Å². The highest BCUT2D eigenvalue weighted by molar-refractivity contribution is 6.31. The fourth-order valence-corrected chi connectivity index (χ4v) is 2.58. The Morgan fingerprint density at radius 2 is 2.00 bits per heavy atom. The summed E-state index contributed by atoms with van der Waals surface area (Å²) in [5.74, 6) is 0.702. The molecule has 1 amide bonds. The smallest absolute Gasteiger partial charge is 0.223 e. The zero-order valence-electron chi connectivity index (χ0n) is 12.6. The summed E-state index contributed by atoms with van der Waals surface area (Å²) in [6.45, 7) is 3.56. The van der Waals surface area contributed by atoms with Gasteiger partial charge in [-0.1, -0.05) is 23.2 Å². The molecule has 0 spiro atoms. The molecule has 3 rings (SSSR count). The lowest BCUT2D eigenvalue weighted by Crippen LogP contribution is -2.23. The normalized spacial score (nSPS) is 10.9. The third-order valence-electron chi connectivity index (χ3n) is 3.68. The lowest BCUT2D eigenvalue weighted by Gasteiger charge is -2.18. The Labute approximate surface area is 133 Å². The maximum Gasteiger partial charge on any atom is 0.223 e. The molecule has 0 fully saturated rings. The van der Waals surface area contributed by atoms with Crippen molar-refractivity contribution in [2.24, 2.45) is 0 Å². The molecular weight excluding hydrogens is 298 g/mol. The summed E-state index contributed by atoms with van der Waals surface area (Å²) in [4.78, 5) is 21.2. The minimum absolute atomic E-state index is 0.0238. The fraction of sp³-hybridized carbons (Fsp3) is 0.176. The van der Waals surface area contributed by atoms with Crippen molar-refractivity contribution in [3.05, 3.63) is 47.0 Å². The first-order chi connectivity index (χ1) is 10.5. The standard InChI is InChI=1S/C17H16ClN3O/c1-10-4-7-16(21(3)11(2)22)13(8-10)17-19-14-6-5-12(18)9-15(14)20-17/h4-9H,1-3H3,(H,19,20). The van der Waals surface area contributed by atoms with Gasteiger partial charge in [0.05, 0.1) is 16.7 Å². The van der Waals surface area contributed by atoms with Gasteiger partial charge in [0, 0.05) is 24.6 Å². The molecular formula is C17H16ClN3O. The molecule has 1 heterocycles. The molecule has 0 unspecified atom stereocenters. The molecule has 0 radical (unpaired) electrons. The number of hydrogen-bond donors (Lipinski definition) is 1. The van der Waals surface area contributed by atoms with Crippen LogP contribution in [0.2, 0.25) is 5.02 Å². The second-order valence-corrected chi connectivity index (χ2v) is 5.78. The number of fused-ring (bicyclic) bond motifs is 1. The quantitative estimate of drug-likeness (QED) is 0.771. The van der Waals surface area contributed by atoms with Crippen LogP contribution in [0.1, 0.15) is 12.5 Å². The molecule has 22 heavy (non-hydrogen) atoms. The van der Waals surface area contributed by atoms with Crippen molar-refractivity contribution in [1.29, 1.82) is 0 Å². The van der Waals surface area contributed by atoms with E-state index in [1.165, 1.54) is 0 Å². The third kappa shape index (κ3) is 2.57. The Kier molecular flexibility index (Phi) is 3.62. The number of halogens is 1. The van der Waals surface area contributed by atoms with Crippen molar-refractivity contribution in [2.45, 2.75) is 13.8 Å². The number of aromatic amines is 1. The zero-order valence-corrected chi connectivity index (χ0v) is 13.4. The van der Waals surface area contributed by atoms with Gasteiger partial charge in [-0.2, -0.15) is 0 Å². The Bertz CT molecular complexity index is 869. The van der Waals surface area contributed by atoms with E-state index in [-0.39, 0.29) is 5.91 Å². The van der Waals surface area contributed by atoms with Crippen LogP contribution in [0, 0.1) is 6.92 Å². The van der Waals surface area contributed by atoms with E-state index in [9.17, 15) is 4.79 Å². The maximum absolute atomic E-state index is 11.7. The number of amides is 1. The molecule has 0 saturated carbocycles. The summed E-state index contributed by atoms with van der Waals surface area (Å²) >= 11 is 6.02. The number of aryl methyl sites for hydroxylation is 1. The molecule has 112 valence electrons. The Morgan fingerprint density at radius 1 is 1.23 bits per heavy atom. The Morgan fingerprint density at radius 3 is 2.73 bits per heavy atom. The van der Waals surface area contributed by atoms with E-state index in [0.717, 1.165) is 33.7 Å². The number of nitrogens with zero attached hydrogens (tertiary/aromatic N) is 2. The van der Waals surface area contributed by atoms with Crippen LogP contribution < -0.4 is 4.90 Å². The van der Waals surface area contributed by atoms with Gasteiger partial charge in [0.1, 0.15) is 5.82 Å². The summed E-state index contributed by atoms with van der Waals surface area (Å²) in [5.41, 5.74) is 4.54. The van der Waals surface area contributed by atoms with Gasteiger partial charge >= 0.3 is 0 Å². The van der Waals surface area contributed by atoms with Crippen LogP contribution in [0.15, 0.2) is 36.4 Å². The molecule has 0 saturated heterocycles. The molecule has 4 nitrogen and oxygen atoms in total. The fourth-order valence-electron chi connectivity index (χ4n) is 2.41. The molecule has 1 N–H and O–H groups in total. The summed E-state index contributed by atoms with van der Waals surface area (Å²) in [7, 11) is 1.76. The summed E-state index contributed by atoms with van der Waals surface area (Å²) in [6, 6.07) is 11.5. The van der Waals surface area contributed by atoms with Gasteiger partial charge in [-0.05, 0) is 37.3 Å². The predicted octanol–water partition coefficient (Wildman–Crippen LogP) is 4.17. The number of hydrogen-bond acceptors (Lipinski definition) is 2. The van der Waals surface area contributed by atoms with Crippen LogP contribution in [0.3, 0.4) is 0 Å². The molecule has 2 aromatic carbocycles. The Balaban J connectivity index is 2.20. The van der Waals surface area contributed by atoms with Crippen LogP contribution in [-0.2, 0) is 4.79 Å². The molecule has 1 aromatic heterocycles. The zero-order chi connectivity index (χ0) is 15.9. The minimum Gasteiger partial charge on any atom is -0.338 e. The topological polar surface area (TPSA) is 49.0 Å². The number of carbonyl (C=O) groups excluding carboxylic acids is 1. The van der Waals surface area contributed by atoms with Crippen LogP contribution >= 0.6 is 11.6 Å². The van der Waals surface area contributed by atoms with Crippen LogP contribution in [0.4, 0.5) is 5.69 Å². The number of carbonyl (C=O) groups is 1. The highest BCUT2D eigenvalue weighted by Gasteiger charge is 2.15. The molecule has 3 aromatic rings. The van der Waals surface area contributed by atoms with E-state index in [4.69, 9.17) is 11.6 Å².